The monoisotopic (exact) mass is 225 g/mol. The van der Waals surface area contributed by atoms with Crippen LogP contribution in [0.15, 0.2) is 18.2 Å². The van der Waals surface area contributed by atoms with Gasteiger partial charge >= 0.3 is 0 Å². The Bertz CT molecular complexity index is 328. The Hall–Kier alpha value is -1.09. The third-order valence-corrected chi connectivity index (χ3v) is 2.54. The molecule has 0 amide bonds. The Balaban J connectivity index is 2.65. The fraction of sp³-hybridized carbons (Fsp3) is 0.538. The van der Waals surface area contributed by atoms with Crippen LogP contribution in [0.1, 0.15) is 25.8 Å². The molecule has 0 bridgehead atoms. The third kappa shape index (κ3) is 3.81. The highest BCUT2D eigenvalue weighted by Crippen LogP contribution is 2.20. The molecule has 0 radical (unpaired) electrons. The zero-order chi connectivity index (χ0) is 12.0. The number of benzene rings is 1. The Morgan fingerprint density at radius 2 is 2.19 bits per heavy atom. The van der Waals surface area contributed by atoms with Gasteiger partial charge in [0.25, 0.3) is 0 Å². The lowest BCUT2D eigenvalue weighted by Gasteiger charge is -2.11. The molecule has 0 fully saturated rings. The van der Waals surface area contributed by atoms with Gasteiger partial charge < -0.3 is 10.5 Å². The van der Waals surface area contributed by atoms with E-state index >= 15 is 0 Å². The number of nitrogens with two attached hydrogens (primary N) is 1. The molecule has 2 nitrogen and oxygen atoms in total. The molecule has 2 N–H and O–H groups in total. The van der Waals surface area contributed by atoms with Gasteiger partial charge in [-0.15, -0.1) is 0 Å². The highest BCUT2D eigenvalue weighted by atomic mass is 19.1. The second-order valence-corrected chi connectivity index (χ2v) is 4.08. The molecular weight excluding hydrogens is 205 g/mol. The summed E-state index contributed by atoms with van der Waals surface area (Å²) in [5.74, 6) is 0.541. The number of hydrogen-bond acceptors (Lipinski definition) is 2. The molecule has 1 aromatic carbocycles. The van der Waals surface area contributed by atoms with E-state index in [1.54, 1.807) is 12.1 Å². The van der Waals surface area contributed by atoms with Gasteiger partial charge in [0.15, 0.2) is 11.6 Å². The summed E-state index contributed by atoms with van der Waals surface area (Å²) in [5, 5.41) is 0. The molecule has 1 aromatic rings. The molecule has 3 heteroatoms. The molecule has 0 aliphatic rings. The van der Waals surface area contributed by atoms with Gasteiger partial charge in [-0.2, -0.15) is 0 Å². The molecule has 90 valence electrons. The van der Waals surface area contributed by atoms with E-state index in [0.29, 0.717) is 24.8 Å². The number of rotatable bonds is 6. The predicted octanol–water partition coefficient (Wildman–Crippen LogP) is 2.75. The lowest BCUT2D eigenvalue weighted by molar-refractivity contribution is 0.321. The highest BCUT2D eigenvalue weighted by Gasteiger charge is 2.07. The molecule has 0 aromatic heterocycles. The first-order valence-corrected chi connectivity index (χ1v) is 5.78. The summed E-state index contributed by atoms with van der Waals surface area (Å²) in [6.07, 6.45) is 1.83. The normalized spacial score (nSPS) is 12.5. The first-order valence-electron chi connectivity index (χ1n) is 5.78. The lowest BCUT2D eigenvalue weighted by Crippen LogP contribution is -2.08. The average molecular weight is 225 g/mol. The van der Waals surface area contributed by atoms with Crippen LogP contribution in [0.5, 0.6) is 5.75 Å². The predicted molar refractivity (Wildman–Crippen MR) is 64.1 cm³/mol. The van der Waals surface area contributed by atoms with Crippen molar-refractivity contribution in [1.82, 2.24) is 0 Å². The maximum Gasteiger partial charge on any atom is 0.165 e. The molecule has 16 heavy (non-hydrogen) atoms. The van der Waals surface area contributed by atoms with Crippen LogP contribution in [0.25, 0.3) is 0 Å². The van der Waals surface area contributed by atoms with Crippen LogP contribution in [0.2, 0.25) is 0 Å². The molecule has 0 saturated heterocycles. The van der Waals surface area contributed by atoms with Crippen LogP contribution in [-0.2, 0) is 6.42 Å². The molecular formula is C13H20FNO. The minimum Gasteiger partial charge on any atom is -0.491 e. The van der Waals surface area contributed by atoms with Crippen LogP contribution in [0, 0.1) is 11.7 Å². The highest BCUT2D eigenvalue weighted by molar-refractivity contribution is 5.29. The zero-order valence-electron chi connectivity index (χ0n) is 10.0. The van der Waals surface area contributed by atoms with Gasteiger partial charge in [0, 0.05) is 0 Å². The quantitative estimate of drug-likeness (QED) is 0.808. The SMILES string of the molecule is CCOc1ccc(CC(C)CCN)cc1F. The van der Waals surface area contributed by atoms with E-state index in [1.165, 1.54) is 0 Å². The Morgan fingerprint density at radius 1 is 1.44 bits per heavy atom. The number of hydrogen-bond donors (Lipinski definition) is 1. The summed E-state index contributed by atoms with van der Waals surface area (Å²) in [5.41, 5.74) is 6.48. The first kappa shape index (κ1) is 13.0. The van der Waals surface area contributed by atoms with Crippen LogP contribution < -0.4 is 10.5 Å². The Morgan fingerprint density at radius 3 is 2.75 bits per heavy atom. The average Bonchev–Trinajstić information content (AvgIpc) is 2.22. The molecule has 0 spiro atoms. The Kier molecular flexibility index (Phi) is 5.26. The van der Waals surface area contributed by atoms with E-state index in [0.717, 1.165) is 18.4 Å². The topological polar surface area (TPSA) is 35.2 Å². The fourth-order valence-corrected chi connectivity index (χ4v) is 1.73. The van der Waals surface area contributed by atoms with Crippen LogP contribution in [0.4, 0.5) is 4.39 Å². The minimum atomic E-state index is -0.278. The van der Waals surface area contributed by atoms with E-state index in [-0.39, 0.29) is 5.82 Å². The first-order chi connectivity index (χ1) is 7.67. The van der Waals surface area contributed by atoms with Crippen molar-refractivity contribution in [3.8, 4) is 5.75 Å². The van der Waals surface area contributed by atoms with Crippen LogP contribution in [0.3, 0.4) is 0 Å². The summed E-state index contributed by atoms with van der Waals surface area (Å²) in [6, 6.07) is 5.17. The van der Waals surface area contributed by atoms with Crippen LogP contribution >= 0.6 is 0 Å². The summed E-state index contributed by atoms with van der Waals surface area (Å²) >= 11 is 0. The van der Waals surface area contributed by atoms with Crippen LogP contribution in [-0.4, -0.2) is 13.2 Å². The van der Waals surface area contributed by atoms with E-state index < -0.39 is 0 Å². The summed E-state index contributed by atoms with van der Waals surface area (Å²) < 4.78 is 18.7. The van der Waals surface area contributed by atoms with Gasteiger partial charge in [-0.25, -0.2) is 4.39 Å². The minimum absolute atomic E-state index is 0.278. The maximum atomic E-state index is 13.5. The van der Waals surface area contributed by atoms with Gasteiger partial charge in [-0.1, -0.05) is 13.0 Å². The van der Waals surface area contributed by atoms with E-state index in [1.807, 2.05) is 13.0 Å². The van der Waals surface area contributed by atoms with Gasteiger partial charge in [0.05, 0.1) is 6.61 Å². The molecule has 0 aliphatic heterocycles. The van der Waals surface area contributed by atoms with Crippen molar-refractivity contribution in [1.29, 1.82) is 0 Å². The Labute approximate surface area is 96.6 Å². The van der Waals surface area contributed by atoms with Crippen molar-refractivity contribution in [3.05, 3.63) is 29.6 Å². The summed E-state index contributed by atoms with van der Waals surface area (Å²) in [7, 11) is 0. The van der Waals surface area contributed by atoms with Gasteiger partial charge in [-0.3, -0.25) is 0 Å². The second-order valence-electron chi connectivity index (χ2n) is 4.08. The molecule has 1 atom stereocenters. The molecule has 0 saturated carbocycles. The van der Waals surface area contributed by atoms with Crippen molar-refractivity contribution < 1.29 is 9.13 Å². The largest absolute Gasteiger partial charge is 0.491 e. The van der Waals surface area contributed by atoms with E-state index in [4.69, 9.17) is 10.5 Å². The van der Waals surface area contributed by atoms with Crippen molar-refractivity contribution in [2.75, 3.05) is 13.2 Å². The number of ether oxygens (including phenoxy) is 1. The van der Waals surface area contributed by atoms with E-state index in [2.05, 4.69) is 6.92 Å². The smallest absolute Gasteiger partial charge is 0.165 e. The fourth-order valence-electron chi connectivity index (χ4n) is 1.73. The molecule has 0 aliphatic carbocycles. The summed E-state index contributed by atoms with van der Waals surface area (Å²) in [4.78, 5) is 0. The standard InChI is InChI=1S/C13H20FNO/c1-3-16-13-5-4-11(9-12(13)14)8-10(2)6-7-15/h4-5,9-10H,3,6-8,15H2,1-2H3. The van der Waals surface area contributed by atoms with Crippen molar-refractivity contribution in [2.24, 2.45) is 11.7 Å². The van der Waals surface area contributed by atoms with Crippen molar-refractivity contribution in [2.45, 2.75) is 26.7 Å². The molecule has 1 unspecified atom stereocenters. The van der Waals surface area contributed by atoms with Gasteiger partial charge in [-0.05, 0) is 49.9 Å². The third-order valence-electron chi connectivity index (χ3n) is 2.54. The maximum absolute atomic E-state index is 13.5. The number of halogens is 1. The van der Waals surface area contributed by atoms with E-state index in [9.17, 15) is 4.39 Å². The van der Waals surface area contributed by atoms with Crippen molar-refractivity contribution in [3.63, 3.8) is 0 Å². The van der Waals surface area contributed by atoms with Gasteiger partial charge in [0.2, 0.25) is 0 Å². The van der Waals surface area contributed by atoms with Crippen molar-refractivity contribution >= 4 is 0 Å². The second kappa shape index (κ2) is 6.48. The summed E-state index contributed by atoms with van der Waals surface area (Å²) in [6.45, 7) is 5.14. The van der Waals surface area contributed by atoms with Gasteiger partial charge in [0.1, 0.15) is 0 Å². The lowest BCUT2D eigenvalue weighted by atomic mass is 9.98. The molecule has 0 heterocycles. The zero-order valence-corrected chi connectivity index (χ0v) is 10.0. The molecule has 1 rings (SSSR count).